The number of rotatable bonds is 8. The van der Waals surface area contributed by atoms with E-state index in [1.54, 1.807) is 23.7 Å². The van der Waals surface area contributed by atoms with Crippen LogP contribution in [0.15, 0.2) is 55.1 Å². The normalized spacial score (nSPS) is 12.2. The molecular weight excluding hydrogens is 385 g/mol. The second-order valence-electron chi connectivity index (χ2n) is 6.93. The fourth-order valence-electron chi connectivity index (χ4n) is 3.06. The van der Waals surface area contributed by atoms with Gasteiger partial charge in [0.05, 0.1) is 18.0 Å². The highest BCUT2D eigenvalue weighted by Gasteiger charge is 2.16. The van der Waals surface area contributed by atoms with Crippen LogP contribution in [0.2, 0.25) is 0 Å². The van der Waals surface area contributed by atoms with Gasteiger partial charge in [-0.25, -0.2) is 13.9 Å². The number of aromatic nitrogens is 5. The third-order valence-electron chi connectivity index (χ3n) is 4.57. The molecule has 0 radical (unpaired) electrons. The Kier molecular flexibility index (Phi) is 5.92. The van der Waals surface area contributed by atoms with Crippen molar-refractivity contribution in [3.05, 3.63) is 66.5 Å². The van der Waals surface area contributed by atoms with Crippen molar-refractivity contribution in [3.63, 3.8) is 0 Å². The summed E-state index contributed by atoms with van der Waals surface area (Å²) in [5.74, 6) is 0.411. The summed E-state index contributed by atoms with van der Waals surface area (Å²) in [6, 6.07) is 8.99. The molecular formula is C21H22FN7O. The molecule has 0 fully saturated rings. The van der Waals surface area contributed by atoms with Crippen LogP contribution in [0.5, 0.6) is 0 Å². The molecule has 1 unspecified atom stereocenters. The predicted octanol–water partition coefficient (Wildman–Crippen LogP) is 2.93. The van der Waals surface area contributed by atoms with Crippen LogP contribution in [0.25, 0.3) is 17.0 Å². The molecule has 9 heteroatoms. The summed E-state index contributed by atoms with van der Waals surface area (Å²) in [5, 5.41) is 20.4. The van der Waals surface area contributed by atoms with Gasteiger partial charge in [0, 0.05) is 25.1 Å². The standard InChI is InChI=1S/C21H22FN7O/c1-14(30)5-9-23-12-15-7-11-29-19(15)21(26-17-6-10-24-13-16(17)22)27-20(28-29)18-4-2-3-8-25-18/h2-4,6-8,10-11,13-14,23,30H,5,9,12H2,1H3,(H,24,26,27,28). The van der Waals surface area contributed by atoms with Gasteiger partial charge in [0.2, 0.25) is 5.82 Å². The van der Waals surface area contributed by atoms with Gasteiger partial charge in [-0.1, -0.05) is 6.07 Å². The zero-order valence-electron chi connectivity index (χ0n) is 16.5. The van der Waals surface area contributed by atoms with E-state index >= 15 is 0 Å². The molecule has 0 bridgehead atoms. The first-order chi connectivity index (χ1) is 14.6. The van der Waals surface area contributed by atoms with Crippen molar-refractivity contribution in [1.29, 1.82) is 0 Å². The number of pyridine rings is 2. The predicted molar refractivity (Wildman–Crippen MR) is 112 cm³/mol. The lowest BCUT2D eigenvalue weighted by Gasteiger charge is -2.12. The van der Waals surface area contributed by atoms with E-state index in [9.17, 15) is 9.50 Å². The van der Waals surface area contributed by atoms with Gasteiger partial charge in [-0.2, -0.15) is 0 Å². The van der Waals surface area contributed by atoms with Crippen molar-refractivity contribution in [2.24, 2.45) is 0 Å². The number of hydrogen-bond donors (Lipinski definition) is 3. The molecule has 154 valence electrons. The monoisotopic (exact) mass is 407 g/mol. The minimum Gasteiger partial charge on any atom is -0.393 e. The summed E-state index contributed by atoms with van der Waals surface area (Å²) in [6.45, 7) is 2.99. The highest BCUT2D eigenvalue weighted by Crippen LogP contribution is 2.26. The van der Waals surface area contributed by atoms with Gasteiger partial charge in [-0.15, -0.1) is 5.10 Å². The molecule has 30 heavy (non-hydrogen) atoms. The second-order valence-corrected chi connectivity index (χ2v) is 6.93. The number of nitrogens with one attached hydrogen (secondary N) is 2. The van der Waals surface area contributed by atoms with E-state index in [0.29, 0.717) is 36.8 Å². The van der Waals surface area contributed by atoms with E-state index in [4.69, 9.17) is 0 Å². The van der Waals surface area contributed by atoms with Crippen molar-refractivity contribution in [2.45, 2.75) is 26.0 Å². The fourth-order valence-corrected chi connectivity index (χ4v) is 3.06. The molecule has 0 aliphatic carbocycles. The highest BCUT2D eigenvalue weighted by molar-refractivity contribution is 5.78. The van der Waals surface area contributed by atoms with Gasteiger partial charge in [0.1, 0.15) is 11.2 Å². The maximum atomic E-state index is 14.2. The Morgan fingerprint density at radius 2 is 2.10 bits per heavy atom. The van der Waals surface area contributed by atoms with E-state index in [2.05, 4.69) is 30.7 Å². The van der Waals surface area contributed by atoms with Gasteiger partial charge in [-0.3, -0.25) is 9.97 Å². The average molecular weight is 407 g/mol. The van der Waals surface area contributed by atoms with Gasteiger partial charge in [0.15, 0.2) is 11.6 Å². The van der Waals surface area contributed by atoms with Gasteiger partial charge < -0.3 is 15.7 Å². The number of nitrogens with zero attached hydrogens (tertiary/aromatic N) is 5. The zero-order chi connectivity index (χ0) is 20.9. The molecule has 0 saturated carbocycles. The van der Waals surface area contributed by atoms with Crippen molar-refractivity contribution in [2.75, 3.05) is 11.9 Å². The van der Waals surface area contributed by atoms with Crippen LogP contribution in [-0.4, -0.2) is 42.3 Å². The van der Waals surface area contributed by atoms with Crippen molar-refractivity contribution in [1.82, 2.24) is 29.9 Å². The topological polar surface area (TPSA) is 100 Å². The van der Waals surface area contributed by atoms with Crippen molar-refractivity contribution < 1.29 is 9.50 Å². The summed E-state index contributed by atoms with van der Waals surface area (Å²) in [7, 11) is 0. The van der Waals surface area contributed by atoms with Crippen LogP contribution in [0.3, 0.4) is 0 Å². The number of aliphatic hydroxyl groups excluding tert-OH is 1. The lowest BCUT2D eigenvalue weighted by molar-refractivity contribution is 0.183. The first kappa shape index (κ1) is 19.9. The first-order valence-corrected chi connectivity index (χ1v) is 9.67. The Labute approximate surface area is 172 Å². The highest BCUT2D eigenvalue weighted by atomic mass is 19.1. The van der Waals surface area contributed by atoms with Gasteiger partial charge >= 0.3 is 0 Å². The van der Waals surface area contributed by atoms with Crippen LogP contribution >= 0.6 is 0 Å². The van der Waals surface area contributed by atoms with Crippen molar-refractivity contribution in [3.8, 4) is 11.5 Å². The van der Waals surface area contributed by atoms with Crippen LogP contribution in [0.1, 0.15) is 18.9 Å². The Bertz CT molecular complexity index is 1130. The van der Waals surface area contributed by atoms with Crippen molar-refractivity contribution >= 4 is 17.0 Å². The molecule has 0 aromatic carbocycles. The molecule has 4 heterocycles. The Hall–Kier alpha value is -3.43. The molecule has 0 spiro atoms. The SMILES string of the molecule is CC(O)CCNCc1ccn2nc(-c3ccccn3)nc(Nc3ccncc3F)c12. The molecule has 4 aromatic heterocycles. The molecule has 0 saturated heterocycles. The molecule has 3 N–H and O–H groups in total. The molecule has 4 aromatic rings. The summed E-state index contributed by atoms with van der Waals surface area (Å²) >= 11 is 0. The Morgan fingerprint density at radius 1 is 1.20 bits per heavy atom. The summed E-state index contributed by atoms with van der Waals surface area (Å²) in [4.78, 5) is 12.7. The quantitative estimate of drug-likeness (QED) is 0.386. The van der Waals surface area contributed by atoms with Crippen LogP contribution in [0.4, 0.5) is 15.9 Å². The van der Waals surface area contributed by atoms with E-state index < -0.39 is 5.82 Å². The number of aliphatic hydroxyl groups is 1. The van der Waals surface area contributed by atoms with E-state index in [0.717, 1.165) is 17.3 Å². The van der Waals surface area contributed by atoms with Gasteiger partial charge in [0.25, 0.3) is 0 Å². The molecule has 0 aliphatic heterocycles. The number of fused-ring (bicyclic) bond motifs is 1. The minimum absolute atomic E-state index is 0.270. The molecule has 4 rings (SSSR count). The molecule has 8 nitrogen and oxygen atoms in total. The smallest absolute Gasteiger partial charge is 0.200 e. The van der Waals surface area contributed by atoms with Gasteiger partial charge in [-0.05, 0) is 49.7 Å². The third-order valence-corrected chi connectivity index (χ3v) is 4.57. The van der Waals surface area contributed by atoms with E-state index in [1.165, 1.54) is 6.20 Å². The van der Waals surface area contributed by atoms with E-state index in [1.807, 2.05) is 30.5 Å². The lowest BCUT2D eigenvalue weighted by Crippen LogP contribution is -2.18. The molecule has 0 aliphatic rings. The number of hydrogen-bond acceptors (Lipinski definition) is 7. The average Bonchev–Trinajstić information content (AvgIpc) is 3.16. The largest absolute Gasteiger partial charge is 0.393 e. The van der Waals surface area contributed by atoms with Crippen LogP contribution < -0.4 is 10.6 Å². The maximum absolute atomic E-state index is 14.2. The Balaban J connectivity index is 1.73. The fraction of sp³-hybridized carbons (Fsp3) is 0.238. The summed E-state index contributed by atoms with van der Waals surface area (Å²) in [5.41, 5.74) is 2.57. The lowest BCUT2D eigenvalue weighted by atomic mass is 10.2. The molecule has 0 amide bonds. The maximum Gasteiger partial charge on any atom is 0.200 e. The third kappa shape index (κ3) is 4.42. The minimum atomic E-state index is -0.475. The van der Waals surface area contributed by atoms with Crippen LogP contribution in [-0.2, 0) is 6.54 Å². The van der Waals surface area contributed by atoms with Crippen LogP contribution in [0, 0.1) is 5.82 Å². The second kappa shape index (κ2) is 8.93. The summed E-state index contributed by atoms with van der Waals surface area (Å²) < 4.78 is 15.9. The zero-order valence-corrected chi connectivity index (χ0v) is 16.5. The van der Waals surface area contributed by atoms with E-state index in [-0.39, 0.29) is 11.8 Å². The first-order valence-electron chi connectivity index (χ1n) is 9.67. The Morgan fingerprint density at radius 3 is 2.87 bits per heavy atom. The summed E-state index contributed by atoms with van der Waals surface area (Å²) in [6.07, 6.45) is 6.46. The number of anilines is 2. The number of halogens is 1. The molecule has 1 atom stereocenters.